The lowest BCUT2D eigenvalue weighted by atomic mass is 9.74. The lowest BCUT2D eigenvalue weighted by Crippen LogP contribution is -2.45. The van der Waals surface area contributed by atoms with Crippen LogP contribution in [0.3, 0.4) is 0 Å². The summed E-state index contributed by atoms with van der Waals surface area (Å²) in [5.41, 5.74) is 6.67. The Morgan fingerprint density at radius 2 is 1.22 bits per heavy atom. The van der Waals surface area contributed by atoms with E-state index in [1.165, 1.54) is 27.8 Å². The predicted molar refractivity (Wildman–Crippen MR) is 167 cm³/mol. The van der Waals surface area contributed by atoms with Crippen molar-refractivity contribution in [1.29, 1.82) is 0 Å². The lowest BCUT2D eigenvalue weighted by Gasteiger charge is -2.38. The average Bonchev–Trinajstić information content (AvgIpc) is 3.66. The molecule has 1 fully saturated rings. The molecular weight excluding hydrogens is 528 g/mol. The lowest BCUT2D eigenvalue weighted by molar-refractivity contribution is 0.0515. The molecule has 4 aromatic rings. The largest absolute Gasteiger partial charge is 0.381 e. The molecule has 4 heterocycles. The van der Waals surface area contributed by atoms with Crippen LogP contribution < -0.4 is 20.4 Å². The van der Waals surface area contributed by atoms with Crippen molar-refractivity contribution in [2.24, 2.45) is 0 Å². The molecule has 3 aromatic carbocycles. The minimum absolute atomic E-state index is 0.0260. The second-order valence-corrected chi connectivity index (χ2v) is 11.6. The molecule has 0 unspecified atom stereocenters. The van der Waals surface area contributed by atoms with Crippen LogP contribution in [0.5, 0.6) is 0 Å². The number of fused-ring (bicyclic) bond motifs is 2. The molecule has 3 aliphatic rings. The van der Waals surface area contributed by atoms with Crippen LogP contribution in [-0.2, 0) is 36.3 Å². The Labute approximate surface area is 246 Å². The van der Waals surface area contributed by atoms with Crippen LogP contribution in [0.2, 0.25) is 0 Å². The first-order valence-corrected chi connectivity index (χ1v) is 14.8. The van der Waals surface area contributed by atoms with Crippen LogP contribution in [0.4, 0.5) is 17.6 Å². The number of hydrogen-bond acceptors (Lipinski definition) is 6. The van der Waals surface area contributed by atoms with Crippen LogP contribution in [0.1, 0.15) is 40.7 Å². The molecule has 0 spiro atoms. The van der Waals surface area contributed by atoms with E-state index in [4.69, 9.17) is 26.9 Å². The summed E-state index contributed by atoms with van der Waals surface area (Å²) in [5, 5.41) is 7.37. The molecule has 0 aliphatic carbocycles. The highest BCUT2D eigenvalue weighted by molar-refractivity contribution is 7.80. The van der Waals surface area contributed by atoms with Gasteiger partial charge in [-0.15, -0.1) is 0 Å². The summed E-state index contributed by atoms with van der Waals surface area (Å²) >= 11 is 5.81. The number of nitrogens with one attached hydrogen (secondary N) is 2. The number of rotatable bonds is 6. The molecule has 2 N–H and O–H groups in total. The van der Waals surface area contributed by atoms with Gasteiger partial charge in [0, 0.05) is 57.4 Å². The molecule has 7 nitrogen and oxygen atoms in total. The summed E-state index contributed by atoms with van der Waals surface area (Å²) in [6.07, 6.45) is 1.90. The van der Waals surface area contributed by atoms with E-state index >= 15 is 0 Å². The molecule has 0 amide bonds. The van der Waals surface area contributed by atoms with Crippen LogP contribution >= 0.6 is 12.2 Å². The van der Waals surface area contributed by atoms with Gasteiger partial charge in [-0.1, -0.05) is 78.9 Å². The van der Waals surface area contributed by atoms with Crippen LogP contribution in [0.25, 0.3) is 0 Å². The molecule has 7 rings (SSSR count). The Hall–Kier alpha value is -4.01. The van der Waals surface area contributed by atoms with E-state index in [0.717, 1.165) is 70.4 Å². The molecule has 1 aromatic heterocycles. The van der Waals surface area contributed by atoms with Crippen molar-refractivity contribution >= 4 is 34.9 Å². The van der Waals surface area contributed by atoms with Gasteiger partial charge in [0.05, 0.1) is 0 Å². The van der Waals surface area contributed by atoms with Gasteiger partial charge in [-0.05, 0) is 52.9 Å². The minimum atomic E-state index is -0.0260. The maximum absolute atomic E-state index is 5.81. The Morgan fingerprint density at radius 1 is 0.732 bits per heavy atom. The fourth-order valence-electron chi connectivity index (χ4n) is 6.31. The van der Waals surface area contributed by atoms with Gasteiger partial charge in [-0.25, -0.2) is 0 Å². The first-order valence-electron chi connectivity index (χ1n) is 14.4. The van der Waals surface area contributed by atoms with Gasteiger partial charge in [-0.2, -0.15) is 9.97 Å². The maximum atomic E-state index is 5.81. The topological polar surface area (TPSA) is 65.6 Å². The highest BCUT2D eigenvalue weighted by Crippen LogP contribution is 2.35. The molecule has 0 radical (unpaired) electrons. The van der Waals surface area contributed by atoms with E-state index in [1.807, 2.05) is 0 Å². The van der Waals surface area contributed by atoms with Crippen molar-refractivity contribution in [2.45, 2.75) is 44.4 Å². The fraction of sp³-hybridized carbons (Fsp3) is 0.303. The SMILES string of the molecule is S=C(NCC1(c2ccccc2)CCOCC1)Nc1nc(N2Cc3ccccc3C2)cc(N2Cc3ccccc3C2)n1. The van der Waals surface area contributed by atoms with E-state index in [1.54, 1.807) is 0 Å². The third-order valence-electron chi connectivity index (χ3n) is 8.68. The van der Waals surface area contributed by atoms with E-state index in [-0.39, 0.29) is 5.41 Å². The highest BCUT2D eigenvalue weighted by Gasteiger charge is 2.34. The van der Waals surface area contributed by atoms with E-state index in [9.17, 15) is 0 Å². The molecule has 0 bridgehead atoms. The summed E-state index contributed by atoms with van der Waals surface area (Å²) in [4.78, 5) is 14.5. The van der Waals surface area contributed by atoms with E-state index in [2.05, 4.69) is 105 Å². The second-order valence-electron chi connectivity index (χ2n) is 11.2. The second kappa shape index (κ2) is 11.1. The molecule has 0 atom stereocenters. The first-order chi connectivity index (χ1) is 20.1. The van der Waals surface area contributed by atoms with Gasteiger partial charge in [-0.3, -0.25) is 0 Å². The van der Waals surface area contributed by atoms with Crippen LogP contribution in [0, 0.1) is 0 Å². The van der Waals surface area contributed by atoms with Gasteiger partial charge in [0.15, 0.2) is 5.11 Å². The summed E-state index contributed by atoms with van der Waals surface area (Å²) in [5.74, 6) is 2.32. The van der Waals surface area contributed by atoms with Crippen molar-refractivity contribution < 1.29 is 4.74 Å². The summed E-state index contributed by atoms with van der Waals surface area (Å²) in [7, 11) is 0. The first kappa shape index (κ1) is 25.9. The Balaban J connectivity index is 1.12. The molecule has 8 heteroatoms. The Bertz CT molecular complexity index is 1430. The summed E-state index contributed by atoms with van der Waals surface area (Å²) in [6.45, 7) is 5.55. The Kier molecular flexibility index (Phi) is 7.02. The number of nitrogens with zero attached hydrogens (tertiary/aromatic N) is 4. The van der Waals surface area contributed by atoms with E-state index in [0.29, 0.717) is 11.1 Å². The normalized spacial score (nSPS) is 17.2. The number of benzene rings is 3. The monoisotopic (exact) mass is 562 g/mol. The molecule has 1 saturated heterocycles. The average molecular weight is 563 g/mol. The molecule has 3 aliphatic heterocycles. The standard InChI is InChI=1S/C33H34N6OS/c41-32(34-23-33(14-16-40-17-15-33)28-12-2-1-3-13-28)37-31-35-29(38-19-24-8-4-5-9-25(24)20-38)18-30(36-31)39-21-26-10-6-7-11-27(26)22-39/h1-13,18H,14-17,19-23H2,(H2,34,35,36,37,41). The van der Waals surface area contributed by atoms with Gasteiger partial charge in [0.1, 0.15) is 11.6 Å². The quantitative estimate of drug-likeness (QED) is 0.297. The molecule has 0 saturated carbocycles. The zero-order valence-electron chi connectivity index (χ0n) is 23.1. The maximum Gasteiger partial charge on any atom is 0.232 e. The predicted octanol–water partition coefficient (Wildman–Crippen LogP) is 5.55. The summed E-state index contributed by atoms with van der Waals surface area (Å²) in [6, 6.07) is 30.0. The van der Waals surface area contributed by atoms with Crippen LogP contribution in [-0.4, -0.2) is 34.8 Å². The van der Waals surface area contributed by atoms with Crippen molar-refractivity contribution in [3.8, 4) is 0 Å². The van der Waals surface area contributed by atoms with Gasteiger partial charge >= 0.3 is 0 Å². The smallest absolute Gasteiger partial charge is 0.232 e. The molecular formula is C33H34N6OS. The van der Waals surface area contributed by atoms with Gasteiger partial charge in [0.25, 0.3) is 0 Å². The number of ether oxygens (including phenoxy) is 1. The van der Waals surface area contributed by atoms with Crippen molar-refractivity contribution in [2.75, 3.05) is 34.9 Å². The molecule has 208 valence electrons. The number of hydrogen-bond donors (Lipinski definition) is 2. The number of thiocarbonyl (C=S) groups is 1. The third-order valence-corrected chi connectivity index (χ3v) is 8.92. The zero-order valence-corrected chi connectivity index (χ0v) is 23.9. The minimum Gasteiger partial charge on any atom is -0.381 e. The summed E-state index contributed by atoms with van der Waals surface area (Å²) < 4.78 is 5.71. The fourth-order valence-corrected chi connectivity index (χ4v) is 6.47. The third kappa shape index (κ3) is 5.37. The Morgan fingerprint density at radius 3 is 1.73 bits per heavy atom. The highest BCUT2D eigenvalue weighted by atomic mass is 32.1. The number of anilines is 3. The van der Waals surface area contributed by atoms with Gasteiger partial charge < -0.3 is 25.2 Å². The van der Waals surface area contributed by atoms with Crippen molar-refractivity contribution in [3.05, 3.63) is 113 Å². The van der Waals surface area contributed by atoms with Crippen LogP contribution in [0.15, 0.2) is 84.9 Å². The van der Waals surface area contributed by atoms with Gasteiger partial charge in [0.2, 0.25) is 5.95 Å². The zero-order chi connectivity index (χ0) is 27.6. The van der Waals surface area contributed by atoms with Crippen molar-refractivity contribution in [1.82, 2.24) is 15.3 Å². The van der Waals surface area contributed by atoms with Crippen molar-refractivity contribution in [3.63, 3.8) is 0 Å². The molecule has 41 heavy (non-hydrogen) atoms. The number of aromatic nitrogens is 2. The van der Waals surface area contributed by atoms with E-state index < -0.39 is 0 Å².